The Morgan fingerprint density at radius 2 is 1.73 bits per heavy atom. The molecule has 0 spiro atoms. The molecule has 30 heavy (non-hydrogen) atoms. The summed E-state index contributed by atoms with van der Waals surface area (Å²) in [7, 11) is 0. The van der Waals surface area contributed by atoms with Crippen molar-refractivity contribution in [2.24, 2.45) is 0 Å². The molecule has 0 saturated heterocycles. The maximum absolute atomic E-state index is 12.5. The zero-order valence-electron chi connectivity index (χ0n) is 16.2. The minimum atomic E-state index is -0.124. The van der Waals surface area contributed by atoms with Crippen molar-refractivity contribution in [3.63, 3.8) is 0 Å². The third-order valence-corrected chi connectivity index (χ3v) is 3.85. The van der Waals surface area contributed by atoms with E-state index < -0.39 is 0 Å². The third kappa shape index (κ3) is 7.36. The number of allylic oxidation sites excluding steroid dienone is 1. The van der Waals surface area contributed by atoms with Gasteiger partial charge in [-0.15, -0.1) is 0 Å². The Kier molecular flexibility index (Phi) is 9.60. The molecule has 0 aromatic heterocycles. The fourth-order valence-corrected chi connectivity index (χ4v) is 2.43. The zero-order chi connectivity index (χ0) is 20.3. The Morgan fingerprint density at radius 3 is 2.37 bits per heavy atom. The van der Waals surface area contributed by atoms with Crippen LogP contribution < -0.4 is 4.74 Å². The third-order valence-electron chi connectivity index (χ3n) is 3.85. The molecule has 4 rings (SSSR count). The number of hydrogen-bond donors (Lipinski definition) is 0. The Bertz CT molecular complexity index is 997. The predicted octanol–water partition coefficient (Wildman–Crippen LogP) is 4.99. The van der Waals surface area contributed by atoms with E-state index in [2.05, 4.69) is 48.5 Å². The molecule has 0 N–H and O–H groups in total. The number of carbonyl (C=O) groups is 1. The first-order valence-corrected chi connectivity index (χ1v) is 8.94. The largest absolute Gasteiger partial charge is 0.999 e. The topological polar surface area (TPSA) is 26.3 Å². The van der Waals surface area contributed by atoms with Crippen LogP contribution in [-0.2, 0) is 23.7 Å². The molecule has 0 fully saturated rings. The van der Waals surface area contributed by atoms with Gasteiger partial charge in [-0.25, -0.2) is 0 Å². The monoisotopic (exact) mass is 428 g/mol. The van der Waals surface area contributed by atoms with Crippen molar-refractivity contribution in [3.8, 4) is 5.75 Å². The second kappa shape index (κ2) is 12.4. The second-order valence-corrected chi connectivity index (χ2v) is 6.07. The molecule has 0 unspecified atom stereocenters. The van der Waals surface area contributed by atoms with Gasteiger partial charge in [0.25, 0.3) is 0 Å². The summed E-state index contributed by atoms with van der Waals surface area (Å²) in [6, 6.07) is 38.4. The first-order chi connectivity index (χ1) is 14.2. The van der Waals surface area contributed by atoms with Crippen molar-refractivity contribution in [1.29, 1.82) is 0 Å². The van der Waals surface area contributed by atoms with Gasteiger partial charge in [-0.1, -0.05) is 36.4 Å². The molecule has 3 heteroatoms. The van der Waals surface area contributed by atoms with Gasteiger partial charge in [0, 0.05) is 28.4 Å². The number of benzene rings is 2. The van der Waals surface area contributed by atoms with Gasteiger partial charge in [0.1, 0.15) is 12.4 Å². The first-order valence-electron chi connectivity index (χ1n) is 8.94. The van der Waals surface area contributed by atoms with E-state index in [9.17, 15) is 4.79 Å². The van der Waals surface area contributed by atoms with E-state index in [-0.39, 0.29) is 22.9 Å². The zero-order valence-corrected chi connectivity index (χ0v) is 17.3. The summed E-state index contributed by atoms with van der Waals surface area (Å²) in [6.07, 6.45) is 3.14. The molecule has 0 aliphatic carbocycles. The van der Waals surface area contributed by atoms with Crippen LogP contribution in [0.5, 0.6) is 5.75 Å². The smallest absolute Gasteiger partial charge is 0.128 e. The van der Waals surface area contributed by atoms with Crippen molar-refractivity contribution < 1.29 is 26.6 Å². The van der Waals surface area contributed by atoms with Gasteiger partial charge in [0.15, 0.2) is 0 Å². The molecule has 2 nitrogen and oxygen atoms in total. The van der Waals surface area contributed by atoms with Gasteiger partial charge in [0.2, 0.25) is 0 Å². The summed E-state index contributed by atoms with van der Waals surface area (Å²) < 4.78 is 5.88. The molecule has 0 aliphatic heterocycles. The van der Waals surface area contributed by atoms with Crippen LogP contribution in [0, 0.1) is 55.5 Å². The van der Waals surface area contributed by atoms with Gasteiger partial charge in [-0.05, 0) is 30.2 Å². The van der Waals surface area contributed by atoms with Crippen molar-refractivity contribution in [2.75, 3.05) is 0 Å². The Hall–Kier alpha value is -3.13. The van der Waals surface area contributed by atoms with Crippen molar-refractivity contribution in [3.05, 3.63) is 131 Å². The summed E-state index contributed by atoms with van der Waals surface area (Å²) in [4.78, 5) is 12.5. The maximum atomic E-state index is 12.5. The average Bonchev–Trinajstić information content (AvgIpc) is 3.48. The number of ether oxygens (including phenoxy) is 1. The minimum Gasteiger partial charge on any atom is -0.999 e. The van der Waals surface area contributed by atoms with Gasteiger partial charge < -0.3 is 81.8 Å². The maximum Gasteiger partial charge on any atom is 0.128 e. The van der Waals surface area contributed by atoms with Gasteiger partial charge in [0.05, 0.1) is 0 Å². The van der Waals surface area contributed by atoms with Crippen LogP contribution in [-0.4, -0.2) is 5.78 Å². The van der Waals surface area contributed by atoms with Gasteiger partial charge in [-0.2, -0.15) is 0 Å². The number of rotatable bonds is 6. The Balaban J connectivity index is 0.000000468. The molecule has 0 radical (unpaired) electrons. The van der Waals surface area contributed by atoms with Crippen molar-refractivity contribution in [1.82, 2.24) is 0 Å². The molecule has 4 aromatic carbocycles. The predicted molar refractivity (Wildman–Crippen MR) is 110 cm³/mol. The number of carbonyl (C=O) groups excluding carboxylic acids is 1. The van der Waals surface area contributed by atoms with Crippen molar-refractivity contribution >= 4 is 11.9 Å². The van der Waals surface area contributed by atoms with E-state index in [4.69, 9.17) is 4.74 Å². The molecule has 4 aromatic rings. The normalized spacial score (nSPS) is 10.0. The van der Waals surface area contributed by atoms with Crippen LogP contribution in [0.1, 0.15) is 27.0 Å². The molecule has 154 valence electrons. The van der Waals surface area contributed by atoms with Crippen LogP contribution in [0.15, 0.2) is 60.7 Å². The van der Waals surface area contributed by atoms with Crippen LogP contribution in [0.25, 0.3) is 6.08 Å². The number of aryl methyl sites for hydroxylation is 1. The summed E-state index contributed by atoms with van der Waals surface area (Å²) in [5, 5.41) is 0. The Morgan fingerprint density at radius 1 is 1.03 bits per heavy atom. The van der Waals surface area contributed by atoms with E-state index in [1.807, 2.05) is 49.4 Å². The summed E-state index contributed by atoms with van der Waals surface area (Å²) in [5.74, 6) is 0.461. The van der Waals surface area contributed by atoms with E-state index in [0.29, 0.717) is 23.5 Å². The van der Waals surface area contributed by atoms with Crippen LogP contribution in [0.2, 0.25) is 0 Å². The summed E-state index contributed by atoms with van der Waals surface area (Å²) in [5.41, 5.74) is 3.29. The van der Waals surface area contributed by atoms with E-state index in [0.717, 1.165) is 11.1 Å². The van der Waals surface area contributed by atoms with Gasteiger partial charge >= 0.3 is 0 Å². The van der Waals surface area contributed by atoms with E-state index in [1.165, 1.54) is 6.08 Å². The fourth-order valence-electron chi connectivity index (χ4n) is 2.43. The molecule has 0 atom stereocenters. The van der Waals surface area contributed by atoms with E-state index >= 15 is 0 Å². The molecule has 0 amide bonds. The van der Waals surface area contributed by atoms with E-state index in [1.54, 1.807) is 18.2 Å². The Labute approximate surface area is 189 Å². The second-order valence-electron chi connectivity index (χ2n) is 6.07. The SMILES string of the molecule is Cc1ccc(C(=O)/C=C/[c-]2[c-][c-][c-][c-]2)c(OCc2ccccc2)c1.[Fe].[c-]1[c-][c-][cH-][c-]1. The van der Waals surface area contributed by atoms with Crippen LogP contribution >= 0.6 is 0 Å². The minimum absolute atomic E-state index is 0. The first kappa shape index (κ1) is 23.2. The molecule has 0 bridgehead atoms. The molecule has 0 aliphatic rings. The van der Waals surface area contributed by atoms with Crippen molar-refractivity contribution in [2.45, 2.75) is 13.5 Å². The average molecular weight is 428 g/mol. The fraction of sp³-hybridized carbons (Fsp3) is 0.0741. The molecule has 0 saturated carbocycles. The molecular weight excluding hydrogens is 412 g/mol. The van der Waals surface area contributed by atoms with Crippen LogP contribution in [0.4, 0.5) is 0 Å². The van der Waals surface area contributed by atoms with Gasteiger partial charge in [-0.3, -0.25) is 0 Å². The summed E-state index contributed by atoms with van der Waals surface area (Å²) >= 11 is 0. The molecular formula is C27H16FeO2-10. The quantitative estimate of drug-likeness (QED) is 0.187. The number of ketones is 1. The summed E-state index contributed by atoms with van der Waals surface area (Å²) in [6.45, 7) is 2.39. The molecule has 0 heterocycles. The standard InChI is InChI=1S/C22H15O2.C5H.Fe/c1-17-11-13-20(21(23)14-12-18-7-5-6-8-18)22(15-17)24-16-19-9-3-2-4-10-19;1-2-4-5-3-1;/h2-4,9-15H,16H2,1H3;1H;/q2*-5;/b14-12+;;. The number of hydrogen-bond acceptors (Lipinski definition) is 2. The van der Waals surface area contributed by atoms with Crippen LogP contribution in [0.3, 0.4) is 0 Å².